The van der Waals surface area contributed by atoms with Gasteiger partial charge in [-0.25, -0.2) is 0 Å². The van der Waals surface area contributed by atoms with Gasteiger partial charge >= 0.3 is 12.1 Å². The van der Waals surface area contributed by atoms with Crippen LogP contribution in [0.2, 0.25) is 0 Å². The van der Waals surface area contributed by atoms with Gasteiger partial charge in [-0.2, -0.15) is 13.2 Å². The number of carbonyl (C=O) groups is 2. The number of aryl methyl sites for hydroxylation is 2. The summed E-state index contributed by atoms with van der Waals surface area (Å²) >= 11 is 0. The summed E-state index contributed by atoms with van der Waals surface area (Å²) in [5, 5.41) is 8.95. The van der Waals surface area contributed by atoms with Crippen LogP contribution in [0.3, 0.4) is 0 Å². The number of carboxylic acids is 1. The van der Waals surface area contributed by atoms with E-state index in [9.17, 15) is 22.8 Å². The summed E-state index contributed by atoms with van der Waals surface area (Å²) in [5.41, 5.74) is 1.97. The van der Waals surface area contributed by atoms with E-state index in [1.54, 1.807) is 0 Å². The van der Waals surface area contributed by atoms with Crippen LogP contribution in [0.5, 0.6) is 0 Å². The van der Waals surface area contributed by atoms with Crippen LogP contribution in [0.25, 0.3) is 0 Å². The first-order valence-corrected chi connectivity index (χ1v) is 7.31. The van der Waals surface area contributed by atoms with Gasteiger partial charge in [0, 0.05) is 19.5 Å². The van der Waals surface area contributed by atoms with Crippen molar-refractivity contribution < 1.29 is 27.9 Å². The Morgan fingerprint density at radius 2 is 2.00 bits per heavy atom. The minimum Gasteiger partial charge on any atom is -0.481 e. The third-order valence-electron chi connectivity index (χ3n) is 4.12. The summed E-state index contributed by atoms with van der Waals surface area (Å²) < 4.78 is 38.7. The molecule has 1 heterocycles. The lowest BCUT2D eigenvalue weighted by atomic mass is 9.96. The van der Waals surface area contributed by atoms with E-state index < -0.39 is 36.4 Å². The molecule has 1 amide bonds. The van der Waals surface area contributed by atoms with Crippen LogP contribution in [0.15, 0.2) is 24.3 Å². The molecule has 0 bridgehead atoms. The molecule has 1 aromatic rings. The summed E-state index contributed by atoms with van der Waals surface area (Å²) in [6.07, 6.45) is -4.12. The number of hydrogen-bond acceptors (Lipinski definition) is 2. The molecule has 4 nitrogen and oxygen atoms in total. The maximum Gasteiger partial charge on any atom is 0.394 e. The SMILES string of the molecule is Cc1cccc(CCC(=O)N2C[C@@H](C(F)(F)F)[C@H](C(=O)O)C2)c1. The van der Waals surface area contributed by atoms with Crippen molar-refractivity contribution >= 4 is 11.9 Å². The highest BCUT2D eigenvalue weighted by Gasteiger charge is 2.53. The first-order valence-electron chi connectivity index (χ1n) is 7.31. The lowest BCUT2D eigenvalue weighted by molar-refractivity contribution is -0.188. The second-order valence-corrected chi connectivity index (χ2v) is 5.88. The fourth-order valence-electron chi connectivity index (χ4n) is 2.87. The molecule has 7 heteroatoms. The topological polar surface area (TPSA) is 57.6 Å². The lowest BCUT2D eigenvalue weighted by Gasteiger charge is -2.18. The molecule has 0 unspecified atom stereocenters. The van der Waals surface area contributed by atoms with Crippen molar-refractivity contribution in [3.8, 4) is 0 Å². The predicted octanol–water partition coefficient (Wildman–Crippen LogP) is 2.65. The van der Waals surface area contributed by atoms with E-state index >= 15 is 0 Å². The first-order chi connectivity index (χ1) is 10.7. The molecule has 1 aliphatic heterocycles. The number of halogens is 3. The number of amides is 1. The van der Waals surface area contributed by atoms with E-state index in [2.05, 4.69) is 0 Å². The minimum absolute atomic E-state index is 0.0698. The molecule has 1 N–H and O–H groups in total. The van der Waals surface area contributed by atoms with Crippen LogP contribution in [-0.2, 0) is 16.0 Å². The molecule has 0 spiro atoms. The van der Waals surface area contributed by atoms with Gasteiger partial charge in [-0.1, -0.05) is 29.8 Å². The standard InChI is InChI=1S/C16H18F3NO3/c1-10-3-2-4-11(7-10)5-6-14(21)20-8-12(15(22)23)13(9-20)16(17,18)19/h2-4,7,12-13H,5-6,8-9H2,1H3,(H,22,23)/t12-,13-/m1/s1. The highest BCUT2D eigenvalue weighted by atomic mass is 19.4. The van der Waals surface area contributed by atoms with Crippen LogP contribution in [0, 0.1) is 18.8 Å². The minimum atomic E-state index is -4.62. The van der Waals surface area contributed by atoms with Gasteiger partial charge in [-0.15, -0.1) is 0 Å². The predicted molar refractivity (Wildman–Crippen MR) is 76.8 cm³/mol. The molecule has 0 radical (unpaired) electrons. The van der Waals surface area contributed by atoms with E-state index in [0.717, 1.165) is 16.0 Å². The van der Waals surface area contributed by atoms with E-state index in [4.69, 9.17) is 5.11 Å². The Labute approximate surface area is 131 Å². The molecule has 0 aliphatic carbocycles. The Balaban J connectivity index is 1.99. The van der Waals surface area contributed by atoms with Gasteiger partial charge in [0.2, 0.25) is 5.91 Å². The monoisotopic (exact) mass is 329 g/mol. The van der Waals surface area contributed by atoms with Crippen LogP contribution in [0.1, 0.15) is 17.5 Å². The molecule has 126 valence electrons. The summed E-state index contributed by atoms with van der Waals surface area (Å²) in [6, 6.07) is 7.53. The number of carboxylic acid groups (broad SMARTS) is 1. The molecule has 0 aromatic heterocycles. The number of aliphatic carboxylic acids is 1. The zero-order valence-corrected chi connectivity index (χ0v) is 12.6. The van der Waals surface area contributed by atoms with E-state index in [1.807, 2.05) is 31.2 Å². The average molecular weight is 329 g/mol. The van der Waals surface area contributed by atoms with Crippen LogP contribution in [-0.4, -0.2) is 41.1 Å². The van der Waals surface area contributed by atoms with Gasteiger partial charge in [-0.05, 0) is 18.9 Å². The molecule has 2 rings (SSSR count). The summed E-state index contributed by atoms with van der Waals surface area (Å²) in [5.74, 6) is -5.54. The third kappa shape index (κ3) is 4.24. The Morgan fingerprint density at radius 1 is 1.30 bits per heavy atom. The summed E-state index contributed by atoms with van der Waals surface area (Å²) in [4.78, 5) is 24.1. The second-order valence-electron chi connectivity index (χ2n) is 5.88. The summed E-state index contributed by atoms with van der Waals surface area (Å²) in [7, 11) is 0. The van der Waals surface area contributed by atoms with Gasteiger partial charge in [-0.3, -0.25) is 9.59 Å². The van der Waals surface area contributed by atoms with Crippen molar-refractivity contribution in [1.29, 1.82) is 0 Å². The quantitative estimate of drug-likeness (QED) is 0.924. The fraction of sp³-hybridized carbons (Fsp3) is 0.500. The second kappa shape index (κ2) is 6.60. The number of likely N-dealkylation sites (tertiary alicyclic amines) is 1. The maximum absolute atomic E-state index is 12.9. The Bertz CT molecular complexity index is 600. The smallest absolute Gasteiger partial charge is 0.394 e. The molecule has 1 fully saturated rings. The zero-order valence-electron chi connectivity index (χ0n) is 12.6. The van der Waals surface area contributed by atoms with E-state index in [1.165, 1.54) is 0 Å². The van der Waals surface area contributed by atoms with Crippen LogP contribution >= 0.6 is 0 Å². The summed E-state index contributed by atoms with van der Waals surface area (Å²) in [6.45, 7) is 0.955. The Morgan fingerprint density at radius 3 is 2.52 bits per heavy atom. The fourth-order valence-corrected chi connectivity index (χ4v) is 2.87. The molecular formula is C16H18F3NO3. The van der Waals surface area contributed by atoms with Crippen LogP contribution < -0.4 is 0 Å². The lowest BCUT2D eigenvalue weighted by Crippen LogP contribution is -2.34. The number of hydrogen-bond donors (Lipinski definition) is 1. The van der Waals surface area contributed by atoms with Crippen molar-refractivity contribution in [2.24, 2.45) is 11.8 Å². The number of alkyl halides is 3. The highest BCUT2D eigenvalue weighted by Crippen LogP contribution is 2.37. The van der Waals surface area contributed by atoms with Gasteiger partial charge in [0.1, 0.15) is 0 Å². The Hall–Kier alpha value is -2.05. The molecule has 1 aliphatic rings. The molecule has 0 saturated carbocycles. The molecule has 2 atom stereocenters. The van der Waals surface area contributed by atoms with Crippen molar-refractivity contribution in [3.63, 3.8) is 0 Å². The van der Waals surface area contributed by atoms with Gasteiger partial charge in [0.25, 0.3) is 0 Å². The number of benzene rings is 1. The largest absolute Gasteiger partial charge is 0.481 e. The van der Waals surface area contributed by atoms with Crippen molar-refractivity contribution in [1.82, 2.24) is 4.90 Å². The molecule has 23 heavy (non-hydrogen) atoms. The van der Waals surface area contributed by atoms with E-state index in [0.29, 0.717) is 6.42 Å². The average Bonchev–Trinajstić information content (AvgIpc) is 2.90. The molecule has 1 aromatic carbocycles. The number of carbonyl (C=O) groups excluding carboxylic acids is 1. The van der Waals surface area contributed by atoms with Crippen LogP contribution in [0.4, 0.5) is 13.2 Å². The Kier molecular flexibility index (Phi) is 4.97. The van der Waals surface area contributed by atoms with Gasteiger partial charge in [0.15, 0.2) is 0 Å². The van der Waals surface area contributed by atoms with E-state index in [-0.39, 0.29) is 13.0 Å². The molecular weight excluding hydrogens is 311 g/mol. The molecule has 1 saturated heterocycles. The third-order valence-corrected chi connectivity index (χ3v) is 4.12. The van der Waals surface area contributed by atoms with Gasteiger partial charge < -0.3 is 10.0 Å². The van der Waals surface area contributed by atoms with Crippen molar-refractivity contribution in [2.75, 3.05) is 13.1 Å². The van der Waals surface area contributed by atoms with Crippen molar-refractivity contribution in [2.45, 2.75) is 25.9 Å². The number of rotatable bonds is 4. The maximum atomic E-state index is 12.9. The first kappa shape index (κ1) is 17.3. The zero-order chi connectivity index (χ0) is 17.2. The highest BCUT2D eigenvalue weighted by molar-refractivity contribution is 5.79. The normalized spacial score (nSPS) is 21.5. The van der Waals surface area contributed by atoms with Crippen molar-refractivity contribution in [3.05, 3.63) is 35.4 Å². The van der Waals surface area contributed by atoms with Gasteiger partial charge in [0.05, 0.1) is 11.8 Å². The number of nitrogens with zero attached hydrogens (tertiary/aromatic N) is 1.